The van der Waals surface area contributed by atoms with Crippen molar-refractivity contribution in [2.24, 2.45) is 0 Å². The van der Waals surface area contributed by atoms with Crippen LogP contribution in [0.15, 0.2) is 46.9 Å². The first-order valence-electron chi connectivity index (χ1n) is 8.01. The summed E-state index contributed by atoms with van der Waals surface area (Å²) >= 11 is 8.99. The standard InChI is InChI=1S/C18H15BrN2O4S/c19-13-6-7-16(15(11-13)17(26)20-8-1-2-9-20)25-18(22)12-4-3-5-14(10-12)21(23)24/h3-7,10-11H,1-2,8-9H2. The zero-order chi connectivity index (χ0) is 18.7. The maximum Gasteiger partial charge on any atom is 0.343 e. The highest BCUT2D eigenvalue weighted by atomic mass is 79.9. The molecule has 1 fully saturated rings. The number of nitrogens with zero attached hydrogens (tertiary/aromatic N) is 2. The number of carbonyl (C=O) groups excluding carboxylic acids is 1. The Kier molecular flexibility index (Phi) is 5.63. The monoisotopic (exact) mass is 434 g/mol. The molecule has 1 heterocycles. The smallest absolute Gasteiger partial charge is 0.343 e. The van der Waals surface area contributed by atoms with Gasteiger partial charge < -0.3 is 9.64 Å². The molecule has 0 amide bonds. The Morgan fingerprint density at radius 3 is 2.62 bits per heavy atom. The molecule has 0 bridgehead atoms. The molecule has 2 aromatic carbocycles. The summed E-state index contributed by atoms with van der Waals surface area (Å²) in [5, 5.41) is 10.9. The Bertz CT molecular complexity index is 881. The maximum atomic E-state index is 12.5. The molecule has 0 saturated carbocycles. The summed E-state index contributed by atoms with van der Waals surface area (Å²) < 4.78 is 6.33. The molecule has 0 N–H and O–H groups in total. The van der Waals surface area contributed by atoms with Gasteiger partial charge in [-0.1, -0.05) is 34.2 Å². The molecule has 0 atom stereocenters. The molecule has 8 heteroatoms. The van der Waals surface area contributed by atoms with Crippen LogP contribution in [0.3, 0.4) is 0 Å². The Morgan fingerprint density at radius 1 is 1.19 bits per heavy atom. The number of likely N-dealkylation sites (tertiary alicyclic amines) is 1. The van der Waals surface area contributed by atoms with E-state index in [0.29, 0.717) is 16.3 Å². The molecule has 26 heavy (non-hydrogen) atoms. The van der Waals surface area contributed by atoms with Crippen LogP contribution in [0.2, 0.25) is 0 Å². The lowest BCUT2D eigenvalue weighted by atomic mass is 10.1. The van der Waals surface area contributed by atoms with Gasteiger partial charge in [0.25, 0.3) is 5.69 Å². The van der Waals surface area contributed by atoms with Gasteiger partial charge in [0.15, 0.2) is 0 Å². The fourth-order valence-corrected chi connectivity index (χ4v) is 3.46. The van der Waals surface area contributed by atoms with Crippen molar-refractivity contribution in [2.45, 2.75) is 12.8 Å². The number of thiocarbonyl (C=S) groups is 1. The number of nitro benzene ring substituents is 1. The van der Waals surface area contributed by atoms with E-state index in [0.717, 1.165) is 30.4 Å². The Hall–Kier alpha value is -2.32. The molecule has 0 radical (unpaired) electrons. The van der Waals surface area contributed by atoms with Crippen LogP contribution < -0.4 is 4.74 Å². The first-order chi connectivity index (χ1) is 12.5. The third-order valence-electron chi connectivity index (χ3n) is 4.06. The quantitative estimate of drug-likeness (QED) is 0.234. The summed E-state index contributed by atoms with van der Waals surface area (Å²) in [6, 6.07) is 10.7. The second kappa shape index (κ2) is 7.92. The highest BCUT2D eigenvalue weighted by molar-refractivity contribution is 9.10. The number of halogens is 1. The van der Waals surface area contributed by atoms with Crippen LogP contribution >= 0.6 is 28.1 Å². The van der Waals surface area contributed by atoms with Crippen LogP contribution in [-0.2, 0) is 0 Å². The van der Waals surface area contributed by atoms with Crippen molar-refractivity contribution >= 4 is 44.8 Å². The summed E-state index contributed by atoms with van der Waals surface area (Å²) in [4.78, 5) is 25.5. The number of nitro groups is 1. The fraction of sp³-hybridized carbons (Fsp3) is 0.222. The summed E-state index contributed by atoms with van der Waals surface area (Å²) in [5.74, 6) is -0.330. The average Bonchev–Trinajstić information content (AvgIpc) is 3.17. The first kappa shape index (κ1) is 18.5. The number of carbonyl (C=O) groups is 1. The first-order valence-corrected chi connectivity index (χ1v) is 9.21. The van der Waals surface area contributed by atoms with Gasteiger partial charge >= 0.3 is 5.97 Å². The van der Waals surface area contributed by atoms with Crippen LogP contribution in [0.4, 0.5) is 5.69 Å². The Morgan fingerprint density at radius 2 is 1.92 bits per heavy atom. The van der Waals surface area contributed by atoms with Gasteiger partial charge in [0.2, 0.25) is 0 Å². The van der Waals surface area contributed by atoms with Crippen molar-refractivity contribution in [1.82, 2.24) is 4.90 Å². The number of hydrogen-bond donors (Lipinski definition) is 0. The third kappa shape index (κ3) is 4.08. The second-order valence-corrected chi connectivity index (χ2v) is 7.14. The largest absolute Gasteiger partial charge is 0.422 e. The maximum absolute atomic E-state index is 12.5. The average molecular weight is 435 g/mol. The van der Waals surface area contributed by atoms with Gasteiger partial charge in [-0.2, -0.15) is 0 Å². The van der Waals surface area contributed by atoms with E-state index in [1.54, 1.807) is 12.1 Å². The number of non-ortho nitro benzene ring substituents is 1. The van der Waals surface area contributed by atoms with Crippen molar-refractivity contribution in [3.8, 4) is 5.75 Å². The van der Waals surface area contributed by atoms with Gasteiger partial charge in [-0.3, -0.25) is 10.1 Å². The third-order valence-corrected chi connectivity index (χ3v) is 5.03. The molecule has 1 aliphatic rings. The molecule has 2 aromatic rings. The van der Waals surface area contributed by atoms with Gasteiger partial charge in [-0.25, -0.2) is 4.79 Å². The van der Waals surface area contributed by atoms with E-state index in [-0.39, 0.29) is 11.3 Å². The number of hydrogen-bond acceptors (Lipinski definition) is 5. The van der Waals surface area contributed by atoms with E-state index in [4.69, 9.17) is 17.0 Å². The predicted molar refractivity (Wildman–Crippen MR) is 105 cm³/mol. The SMILES string of the molecule is O=C(Oc1ccc(Br)cc1C(=S)N1CCCC1)c1cccc([N+](=O)[O-])c1. The van der Waals surface area contributed by atoms with Crippen LogP contribution in [0, 0.1) is 10.1 Å². The lowest BCUT2D eigenvalue weighted by Gasteiger charge is -2.20. The topological polar surface area (TPSA) is 72.7 Å². The highest BCUT2D eigenvalue weighted by Crippen LogP contribution is 2.27. The molecule has 1 aliphatic heterocycles. The molecule has 0 aliphatic carbocycles. The molecule has 0 spiro atoms. The van der Waals surface area contributed by atoms with E-state index in [2.05, 4.69) is 20.8 Å². The highest BCUT2D eigenvalue weighted by Gasteiger charge is 2.21. The molecule has 0 aromatic heterocycles. The second-order valence-electron chi connectivity index (χ2n) is 5.84. The predicted octanol–water partition coefficient (Wildman–Crippen LogP) is 4.35. The minimum absolute atomic E-state index is 0.111. The fourth-order valence-electron chi connectivity index (χ4n) is 2.75. The molecular weight excluding hydrogens is 420 g/mol. The van der Waals surface area contributed by atoms with Crippen LogP contribution in [0.1, 0.15) is 28.8 Å². The van der Waals surface area contributed by atoms with Crippen molar-refractivity contribution in [3.63, 3.8) is 0 Å². The van der Waals surface area contributed by atoms with Crippen molar-refractivity contribution in [3.05, 3.63) is 68.2 Å². The van der Waals surface area contributed by atoms with Crippen LogP contribution in [0.25, 0.3) is 0 Å². The minimum Gasteiger partial charge on any atom is -0.422 e. The van der Waals surface area contributed by atoms with Gasteiger partial charge in [-0.15, -0.1) is 0 Å². The van der Waals surface area contributed by atoms with E-state index >= 15 is 0 Å². The Labute approximate surface area is 164 Å². The summed E-state index contributed by atoms with van der Waals surface area (Å²) in [5.41, 5.74) is 0.596. The molecule has 0 unspecified atom stereocenters. The Balaban J connectivity index is 1.87. The van der Waals surface area contributed by atoms with Crippen LogP contribution in [-0.4, -0.2) is 33.9 Å². The number of esters is 1. The molecule has 134 valence electrons. The molecule has 3 rings (SSSR count). The summed E-state index contributed by atoms with van der Waals surface area (Å²) in [6.07, 6.45) is 2.16. The van der Waals surface area contributed by atoms with Gasteiger partial charge in [-0.05, 0) is 37.1 Å². The van der Waals surface area contributed by atoms with E-state index in [9.17, 15) is 14.9 Å². The summed E-state index contributed by atoms with van der Waals surface area (Å²) in [7, 11) is 0. The lowest BCUT2D eigenvalue weighted by molar-refractivity contribution is -0.384. The molecule has 6 nitrogen and oxygen atoms in total. The molecule has 1 saturated heterocycles. The summed E-state index contributed by atoms with van der Waals surface area (Å²) in [6.45, 7) is 1.76. The minimum atomic E-state index is -0.665. The van der Waals surface area contributed by atoms with Gasteiger partial charge in [0, 0.05) is 29.7 Å². The van der Waals surface area contributed by atoms with E-state index in [1.807, 2.05) is 6.07 Å². The lowest BCUT2D eigenvalue weighted by Crippen LogP contribution is -2.27. The number of rotatable bonds is 4. The number of benzene rings is 2. The van der Waals surface area contributed by atoms with Crippen molar-refractivity contribution in [2.75, 3.05) is 13.1 Å². The van der Waals surface area contributed by atoms with Gasteiger partial charge in [0.1, 0.15) is 10.7 Å². The zero-order valence-electron chi connectivity index (χ0n) is 13.7. The number of ether oxygens (including phenoxy) is 1. The molecular formula is C18H15BrN2O4S. The van der Waals surface area contributed by atoms with E-state index in [1.165, 1.54) is 24.3 Å². The van der Waals surface area contributed by atoms with E-state index < -0.39 is 10.9 Å². The van der Waals surface area contributed by atoms with Crippen molar-refractivity contribution < 1.29 is 14.5 Å². The van der Waals surface area contributed by atoms with Gasteiger partial charge in [0.05, 0.1) is 16.1 Å². The zero-order valence-corrected chi connectivity index (χ0v) is 16.1. The normalized spacial score (nSPS) is 13.5. The van der Waals surface area contributed by atoms with Crippen molar-refractivity contribution in [1.29, 1.82) is 0 Å². The van der Waals surface area contributed by atoms with Crippen LogP contribution in [0.5, 0.6) is 5.75 Å².